The summed E-state index contributed by atoms with van der Waals surface area (Å²) < 4.78 is 40.8. The maximum atomic E-state index is 12.5. The molecule has 3 heterocycles. The fourth-order valence-electron chi connectivity index (χ4n) is 1.62. The molecule has 0 bridgehead atoms. The van der Waals surface area contributed by atoms with Gasteiger partial charge in [0.25, 0.3) is 0 Å². The second-order valence-corrected chi connectivity index (χ2v) is 4.53. The molecule has 0 aliphatic carbocycles. The molecule has 0 amide bonds. The maximum absolute atomic E-state index is 12.5. The number of nitrogens with zero attached hydrogens (tertiary/aromatic N) is 5. The Labute approximate surface area is 112 Å². The van der Waals surface area contributed by atoms with E-state index in [1.807, 2.05) is 0 Å². The lowest BCUT2D eigenvalue weighted by atomic mass is 10.4. The fraction of sp³-hybridized carbons (Fsp3) is 0.100. The van der Waals surface area contributed by atoms with Crippen LogP contribution in [-0.4, -0.2) is 24.1 Å². The van der Waals surface area contributed by atoms with Crippen LogP contribution in [0.25, 0.3) is 11.5 Å². The van der Waals surface area contributed by atoms with Gasteiger partial charge in [-0.3, -0.25) is 0 Å². The zero-order valence-electron chi connectivity index (χ0n) is 9.13. The van der Waals surface area contributed by atoms with Crippen molar-refractivity contribution in [2.24, 2.45) is 0 Å². The maximum Gasteiger partial charge on any atom is 0.419 e. The molecule has 9 heteroatoms. The minimum atomic E-state index is -4.43. The van der Waals surface area contributed by atoms with Crippen LogP contribution in [0.2, 0.25) is 0 Å². The van der Waals surface area contributed by atoms with E-state index in [9.17, 15) is 13.2 Å². The summed E-state index contributed by atoms with van der Waals surface area (Å²) in [5.41, 5.74) is -0.418. The van der Waals surface area contributed by atoms with Crippen molar-refractivity contribution in [1.82, 2.24) is 24.1 Å². The molecule has 0 spiro atoms. The highest BCUT2D eigenvalue weighted by Crippen LogP contribution is 2.29. The number of hydrogen-bond acceptors (Lipinski definition) is 3. The van der Waals surface area contributed by atoms with Crippen LogP contribution in [-0.2, 0) is 6.18 Å². The van der Waals surface area contributed by atoms with Gasteiger partial charge >= 0.3 is 6.18 Å². The van der Waals surface area contributed by atoms with Gasteiger partial charge in [0.05, 0.1) is 11.8 Å². The van der Waals surface area contributed by atoms with Gasteiger partial charge in [-0.25, -0.2) is 14.6 Å². The second kappa shape index (κ2) is 4.05. The van der Waals surface area contributed by atoms with Crippen LogP contribution >= 0.6 is 15.9 Å². The highest BCUT2D eigenvalue weighted by Gasteiger charge is 2.32. The van der Waals surface area contributed by atoms with E-state index >= 15 is 0 Å². The highest BCUT2D eigenvalue weighted by molar-refractivity contribution is 9.10. The summed E-state index contributed by atoms with van der Waals surface area (Å²) in [6.45, 7) is 0. The monoisotopic (exact) mass is 331 g/mol. The molecule has 0 aliphatic heterocycles. The average molecular weight is 332 g/mol. The standard InChI is InChI=1S/C10H5BrF3N5/c11-7-5-18-2-1-15-8(18)9(17-7)19-4-6(3-16-19)10(12,13)14/h1-5H. The van der Waals surface area contributed by atoms with Crippen molar-refractivity contribution in [3.8, 4) is 5.82 Å². The van der Waals surface area contributed by atoms with Gasteiger partial charge in [-0.15, -0.1) is 0 Å². The number of rotatable bonds is 1. The predicted octanol–water partition coefficient (Wildman–Crippen LogP) is 2.70. The highest BCUT2D eigenvalue weighted by atomic mass is 79.9. The van der Waals surface area contributed by atoms with Crippen molar-refractivity contribution < 1.29 is 13.2 Å². The van der Waals surface area contributed by atoms with Crippen molar-refractivity contribution in [1.29, 1.82) is 0 Å². The molecule has 0 saturated heterocycles. The zero-order valence-corrected chi connectivity index (χ0v) is 10.7. The van der Waals surface area contributed by atoms with Crippen LogP contribution in [0.5, 0.6) is 0 Å². The first kappa shape index (κ1) is 12.2. The van der Waals surface area contributed by atoms with Gasteiger partial charge in [-0.1, -0.05) is 0 Å². The number of alkyl halides is 3. The van der Waals surface area contributed by atoms with E-state index in [1.165, 1.54) is 6.20 Å². The molecule has 0 radical (unpaired) electrons. The van der Waals surface area contributed by atoms with Crippen LogP contribution in [0, 0.1) is 0 Å². The molecule has 98 valence electrons. The Morgan fingerprint density at radius 3 is 2.68 bits per heavy atom. The minimum Gasteiger partial charge on any atom is -0.301 e. The van der Waals surface area contributed by atoms with Crippen molar-refractivity contribution in [2.75, 3.05) is 0 Å². The number of fused-ring (bicyclic) bond motifs is 1. The molecular weight excluding hydrogens is 327 g/mol. The first-order valence-corrected chi connectivity index (χ1v) is 5.86. The molecular formula is C10H5BrF3N5. The van der Waals surface area contributed by atoms with Crippen LogP contribution in [0.3, 0.4) is 0 Å². The van der Waals surface area contributed by atoms with Gasteiger partial charge in [0.15, 0.2) is 11.5 Å². The summed E-state index contributed by atoms with van der Waals surface area (Å²) >= 11 is 3.19. The first-order chi connectivity index (χ1) is 8.95. The molecule has 5 nitrogen and oxygen atoms in total. The fourth-order valence-corrected chi connectivity index (χ4v) is 2.01. The van der Waals surface area contributed by atoms with Crippen molar-refractivity contribution in [3.05, 3.63) is 41.2 Å². The first-order valence-electron chi connectivity index (χ1n) is 5.06. The van der Waals surface area contributed by atoms with Crippen LogP contribution < -0.4 is 0 Å². The third-order valence-corrected chi connectivity index (χ3v) is 2.84. The lowest BCUT2D eigenvalue weighted by Crippen LogP contribution is -2.05. The molecule has 3 rings (SSSR count). The third-order valence-electron chi connectivity index (χ3n) is 2.45. The normalized spacial score (nSPS) is 12.2. The summed E-state index contributed by atoms with van der Waals surface area (Å²) in [4.78, 5) is 8.15. The molecule has 0 fully saturated rings. The van der Waals surface area contributed by atoms with Crippen LogP contribution in [0.15, 0.2) is 35.6 Å². The van der Waals surface area contributed by atoms with E-state index in [4.69, 9.17) is 0 Å². The van der Waals surface area contributed by atoms with Gasteiger partial charge in [-0.05, 0) is 15.9 Å². The Kier molecular flexibility index (Phi) is 2.59. The Bertz CT molecular complexity index is 745. The predicted molar refractivity (Wildman–Crippen MR) is 62.8 cm³/mol. The summed E-state index contributed by atoms with van der Waals surface area (Å²) in [7, 11) is 0. The Balaban J connectivity index is 2.19. The van der Waals surface area contributed by atoms with E-state index < -0.39 is 11.7 Å². The molecule has 0 aliphatic rings. The molecule has 0 N–H and O–H groups in total. The molecule has 0 unspecified atom stereocenters. The lowest BCUT2D eigenvalue weighted by molar-refractivity contribution is -0.137. The topological polar surface area (TPSA) is 48.0 Å². The molecule has 3 aromatic heterocycles. The summed E-state index contributed by atoms with van der Waals surface area (Å²) in [5.74, 6) is 0.217. The summed E-state index contributed by atoms with van der Waals surface area (Å²) in [6.07, 6.45) is 2.04. The quantitative estimate of drug-likeness (QED) is 0.688. The second-order valence-electron chi connectivity index (χ2n) is 3.72. The third kappa shape index (κ3) is 2.09. The average Bonchev–Trinajstić information content (AvgIpc) is 2.94. The summed E-state index contributed by atoms with van der Waals surface area (Å²) in [5, 5.41) is 3.68. The van der Waals surface area contributed by atoms with E-state index in [0.717, 1.165) is 17.1 Å². The number of halogens is 4. The van der Waals surface area contributed by atoms with Gasteiger partial charge in [0.1, 0.15) is 4.60 Å². The SMILES string of the molecule is FC(F)(F)c1cnn(-c2nc(Br)cn3ccnc23)c1. The molecule has 0 atom stereocenters. The van der Waals surface area contributed by atoms with Gasteiger partial charge in [0.2, 0.25) is 0 Å². The smallest absolute Gasteiger partial charge is 0.301 e. The van der Waals surface area contributed by atoms with E-state index in [1.54, 1.807) is 16.8 Å². The van der Waals surface area contributed by atoms with Gasteiger partial charge in [0, 0.05) is 24.8 Å². The van der Waals surface area contributed by atoms with E-state index in [0.29, 0.717) is 10.3 Å². The number of imidazole rings is 1. The lowest BCUT2D eigenvalue weighted by Gasteiger charge is -2.04. The van der Waals surface area contributed by atoms with Gasteiger partial charge < -0.3 is 4.40 Å². The molecule has 0 aromatic carbocycles. The Hall–Kier alpha value is -1.90. The largest absolute Gasteiger partial charge is 0.419 e. The van der Waals surface area contributed by atoms with Crippen LogP contribution in [0.4, 0.5) is 13.2 Å². The van der Waals surface area contributed by atoms with E-state index in [-0.39, 0.29) is 5.82 Å². The molecule has 3 aromatic rings. The van der Waals surface area contributed by atoms with Crippen LogP contribution in [0.1, 0.15) is 5.56 Å². The van der Waals surface area contributed by atoms with Gasteiger partial charge in [-0.2, -0.15) is 18.3 Å². The van der Waals surface area contributed by atoms with Crippen molar-refractivity contribution in [2.45, 2.75) is 6.18 Å². The Morgan fingerprint density at radius 2 is 2.00 bits per heavy atom. The number of hydrogen-bond donors (Lipinski definition) is 0. The van der Waals surface area contributed by atoms with Crippen molar-refractivity contribution in [3.63, 3.8) is 0 Å². The van der Waals surface area contributed by atoms with E-state index in [2.05, 4.69) is 31.0 Å². The summed E-state index contributed by atoms with van der Waals surface area (Å²) in [6, 6.07) is 0. The molecule has 0 saturated carbocycles. The minimum absolute atomic E-state index is 0.217. The number of aromatic nitrogens is 5. The van der Waals surface area contributed by atoms with Crippen molar-refractivity contribution >= 4 is 21.6 Å². The Morgan fingerprint density at radius 1 is 1.21 bits per heavy atom. The zero-order chi connectivity index (χ0) is 13.6. The molecule has 19 heavy (non-hydrogen) atoms.